The van der Waals surface area contributed by atoms with E-state index < -0.39 is 26.3 Å². The number of aliphatic hydroxyl groups is 1. The molecule has 5 nitrogen and oxygen atoms in total. The molecule has 0 amide bonds. The molecule has 1 aliphatic heterocycles. The average Bonchev–Trinajstić information content (AvgIpc) is 2.85. The Morgan fingerprint density at radius 2 is 1.83 bits per heavy atom. The van der Waals surface area contributed by atoms with Crippen LogP contribution in [0.1, 0.15) is 119 Å². The number of nitrogens with zero attached hydrogens (tertiary/aromatic N) is 2. The predicted octanol–water partition coefficient (Wildman–Crippen LogP) is 8.54. The largest absolute Gasteiger partial charge is 0.433 e. The molecule has 4 rings (SSSR count). The minimum absolute atomic E-state index is 0.00753. The van der Waals surface area contributed by atoms with Crippen molar-refractivity contribution >= 4 is 13.9 Å². The smallest absolute Gasteiger partial charge is 0.410 e. The van der Waals surface area contributed by atoms with E-state index in [2.05, 4.69) is 58.8 Å². The molecule has 0 aromatic carbocycles. The van der Waals surface area contributed by atoms with Crippen LogP contribution >= 0.6 is 0 Å². The lowest BCUT2D eigenvalue weighted by atomic mass is 9.71. The lowest BCUT2D eigenvalue weighted by Gasteiger charge is -2.45. The minimum atomic E-state index is -4.56. The van der Waals surface area contributed by atoms with Gasteiger partial charge < -0.3 is 14.3 Å². The average molecular weight is 591 g/mol. The Kier molecular flexibility index (Phi) is 8.71. The zero-order valence-corrected chi connectivity index (χ0v) is 26.9. The first-order chi connectivity index (χ1) is 18.8. The van der Waals surface area contributed by atoms with Gasteiger partial charge in [0.05, 0.1) is 19.3 Å². The molecule has 2 aliphatic rings. The summed E-state index contributed by atoms with van der Waals surface area (Å²) in [6, 6.07) is 2.25. The molecule has 0 spiro atoms. The van der Waals surface area contributed by atoms with E-state index >= 15 is 0 Å². The van der Waals surface area contributed by atoms with Gasteiger partial charge in [0.1, 0.15) is 11.8 Å². The summed E-state index contributed by atoms with van der Waals surface area (Å²) < 4.78 is 52.6. The summed E-state index contributed by atoms with van der Waals surface area (Å²) in [6.45, 7) is 20.8. The summed E-state index contributed by atoms with van der Waals surface area (Å²) in [4.78, 5) is 8.88. The zero-order valence-electron chi connectivity index (χ0n) is 25.9. The van der Waals surface area contributed by atoms with Crippen molar-refractivity contribution in [3.05, 3.63) is 63.7 Å². The second-order valence-corrected chi connectivity index (χ2v) is 18.9. The molecule has 0 saturated carbocycles. The van der Waals surface area contributed by atoms with Crippen molar-refractivity contribution in [1.82, 2.24) is 9.97 Å². The molecule has 0 bridgehead atoms. The molecule has 1 aliphatic carbocycles. The summed E-state index contributed by atoms with van der Waals surface area (Å²) in [6.07, 6.45) is -0.549. The van der Waals surface area contributed by atoms with E-state index in [-0.39, 0.29) is 22.5 Å². The normalized spacial score (nSPS) is 20.5. The van der Waals surface area contributed by atoms with Crippen LogP contribution in [0.25, 0.3) is 5.57 Å². The Morgan fingerprint density at radius 3 is 2.34 bits per heavy atom. The van der Waals surface area contributed by atoms with E-state index in [1.165, 1.54) is 6.07 Å². The molecule has 2 aromatic rings. The molecule has 3 heterocycles. The molecule has 0 unspecified atom stereocenters. The molecule has 41 heavy (non-hydrogen) atoms. The van der Waals surface area contributed by atoms with Gasteiger partial charge in [-0.2, -0.15) is 13.2 Å². The Morgan fingerprint density at radius 1 is 1.15 bits per heavy atom. The molecule has 0 fully saturated rings. The number of alkyl halides is 3. The van der Waals surface area contributed by atoms with E-state index in [1.807, 2.05) is 13.8 Å². The number of fused-ring (bicyclic) bond motifs is 1. The third kappa shape index (κ3) is 6.63. The monoisotopic (exact) mass is 590 g/mol. The number of pyridine rings is 2. The van der Waals surface area contributed by atoms with Crippen LogP contribution in [0.4, 0.5) is 13.2 Å². The van der Waals surface area contributed by atoms with Gasteiger partial charge in [0.15, 0.2) is 8.32 Å². The Bertz CT molecular complexity index is 1300. The maximum atomic E-state index is 13.3. The minimum Gasteiger partial charge on any atom is -0.410 e. The SMILES string of the molecule is CC(C)c1nc2c(c(C3=CCOCC3)c1[C@H](O)c1ccc(C(F)(F)F)nc1)[C@@H](O[Si](C)(C)C(C)(C)C)CC(C)(C)C2. The van der Waals surface area contributed by atoms with E-state index in [4.69, 9.17) is 14.1 Å². The molecule has 2 aromatic heterocycles. The fraction of sp³-hybridized carbons (Fsp3) is 0.625. The van der Waals surface area contributed by atoms with E-state index in [0.29, 0.717) is 30.8 Å². The molecule has 0 saturated heterocycles. The van der Waals surface area contributed by atoms with Crippen molar-refractivity contribution in [1.29, 1.82) is 0 Å². The highest BCUT2D eigenvalue weighted by Crippen LogP contribution is 2.51. The second kappa shape index (κ2) is 11.2. The fourth-order valence-electron chi connectivity index (χ4n) is 5.65. The van der Waals surface area contributed by atoms with Gasteiger partial charge in [-0.05, 0) is 65.9 Å². The van der Waals surface area contributed by atoms with Gasteiger partial charge in [-0.15, -0.1) is 0 Å². The number of aliphatic hydroxyl groups excluding tert-OH is 1. The first kappa shape index (κ1) is 31.9. The number of aromatic nitrogens is 2. The fourth-order valence-corrected chi connectivity index (χ4v) is 6.91. The maximum absolute atomic E-state index is 13.3. The molecular formula is C32H45F3N2O3Si. The van der Waals surface area contributed by atoms with Crippen LogP contribution in [0.15, 0.2) is 24.4 Å². The summed E-state index contributed by atoms with van der Waals surface area (Å²) in [7, 11) is -2.21. The van der Waals surface area contributed by atoms with E-state index in [9.17, 15) is 18.3 Å². The van der Waals surface area contributed by atoms with Gasteiger partial charge in [0.2, 0.25) is 0 Å². The lowest BCUT2D eigenvalue weighted by molar-refractivity contribution is -0.141. The third-order valence-electron chi connectivity index (χ3n) is 8.83. The van der Waals surface area contributed by atoms with E-state index in [1.54, 1.807) is 0 Å². The molecule has 2 atom stereocenters. The van der Waals surface area contributed by atoms with Crippen molar-refractivity contribution in [3.8, 4) is 0 Å². The highest BCUT2D eigenvalue weighted by molar-refractivity contribution is 6.74. The number of ether oxygens (including phenoxy) is 1. The maximum Gasteiger partial charge on any atom is 0.433 e. The molecular weight excluding hydrogens is 545 g/mol. The zero-order chi connectivity index (χ0) is 30.5. The first-order valence-electron chi connectivity index (χ1n) is 14.5. The molecule has 226 valence electrons. The van der Waals surface area contributed by atoms with Crippen molar-refractivity contribution in [2.75, 3.05) is 13.2 Å². The number of rotatable bonds is 6. The Balaban J connectivity index is 2.01. The summed E-state index contributed by atoms with van der Waals surface area (Å²) in [5.41, 5.74) is 4.65. The summed E-state index contributed by atoms with van der Waals surface area (Å²) in [5, 5.41) is 11.9. The summed E-state index contributed by atoms with van der Waals surface area (Å²) in [5.74, 6) is -0.0312. The topological polar surface area (TPSA) is 64.5 Å². The molecule has 9 heteroatoms. The van der Waals surface area contributed by atoms with Crippen molar-refractivity contribution in [2.24, 2.45) is 5.41 Å². The summed E-state index contributed by atoms with van der Waals surface area (Å²) >= 11 is 0. The van der Waals surface area contributed by atoms with Gasteiger partial charge in [0, 0.05) is 34.3 Å². The first-order valence-corrected chi connectivity index (χ1v) is 17.5. The quantitative estimate of drug-likeness (QED) is 0.342. The van der Waals surface area contributed by atoms with Crippen LogP contribution in [-0.2, 0) is 21.8 Å². The van der Waals surface area contributed by atoms with Crippen LogP contribution in [-0.4, -0.2) is 36.6 Å². The second-order valence-electron chi connectivity index (χ2n) is 14.1. The Labute approximate surface area is 243 Å². The van der Waals surface area contributed by atoms with Crippen LogP contribution in [0.3, 0.4) is 0 Å². The van der Waals surface area contributed by atoms with Gasteiger partial charge in [-0.1, -0.05) is 60.6 Å². The number of halogens is 3. The highest BCUT2D eigenvalue weighted by Gasteiger charge is 2.45. The lowest BCUT2D eigenvalue weighted by Crippen LogP contribution is -2.44. The van der Waals surface area contributed by atoms with Crippen molar-refractivity contribution < 1.29 is 27.4 Å². The third-order valence-corrected chi connectivity index (χ3v) is 13.3. The van der Waals surface area contributed by atoms with E-state index in [0.717, 1.165) is 53.2 Å². The highest BCUT2D eigenvalue weighted by atomic mass is 28.4. The predicted molar refractivity (Wildman–Crippen MR) is 158 cm³/mol. The standard InChI is InChI=1S/C32H45F3N2O3Si/c1-19(2)28-27(29(38)21-10-11-24(36-18-21)32(33,34)35)25(20-12-14-39-15-13-20)26-22(37-28)16-31(6,7)17-23(26)40-41(8,9)30(3,4)5/h10-12,18-19,23,29,38H,13-17H2,1-9H3/t23-,29+/m0/s1. The van der Waals surface area contributed by atoms with Crippen molar-refractivity contribution in [3.63, 3.8) is 0 Å². The van der Waals surface area contributed by atoms with Gasteiger partial charge in [-0.3, -0.25) is 9.97 Å². The van der Waals surface area contributed by atoms with Gasteiger partial charge in [-0.25, -0.2) is 0 Å². The van der Waals surface area contributed by atoms with Gasteiger partial charge >= 0.3 is 6.18 Å². The molecule has 1 N–H and O–H groups in total. The van der Waals surface area contributed by atoms with Crippen LogP contribution < -0.4 is 0 Å². The van der Waals surface area contributed by atoms with Crippen LogP contribution in [0.5, 0.6) is 0 Å². The van der Waals surface area contributed by atoms with Crippen molar-refractivity contribution in [2.45, 2.75) is 110 Å². The number of hydrogen-bond donors (Lipinski definition) is 1. The van der Waals surface area contributed by atoms with Crippen LogP contribution in [0.2, 0.25) is 18.1 Å². The number of hydrogen-bond acceptors (Lipinski definition) is 5. The van der Waals surface area contributed by atoms with Crippen LogP contribution in [0, 0.1) is 5.41 Å². The van der Waals surface area contributed by atoms with Gasteiger partial charge in [0.25, 0.3) is 0 Å². The molecule has 0 radical (unpaired) electrons. The Hall–Kier alpha value is -2.07.